The van der Waals surface area contributed by atoms with Crippen molar-refractivity contribution in [2.24, 2.45) is 0 Å². The van der Waals surface area contributed by atoms with E-state index in [4.69, 9.17) is 9.72 Å². The molecule has 1 heterocycles. The molecule has 4 aromatic rings. The monoisotopic (exact) mass is 359 g/mol. The Balaban J connectivity index is 1.85. The number of esters is 1. The van der Waals surface area contributed by atoms with Gasteiger partial charge in [-0.15, -0.1) is 0 Å². The fourth-order valence-electron chi connectivity index (χ4n) is 3.41. The maximum Gasteiger partial charge on any atom is 0.337 e. The molecule has 0 spiro atoms. The molecule has 27 heavy (non-hydrogen) atoms. The first kappa shape index (κ1) is 17.1. The number of rotatable bonds is 4. The highest BCUT2D eigenvalue weighted by atomic mass is 16.5. The predicted molar refractivity (Wildman–Crippen MR) is 109 cm³/mol. The van der Waals surface area contributed by atoms with Gasteiger partial charge in [0, 0.05) is 17.1 Å². The number of carbonyl (C=O) groups is 1. The Morgan fingerprint density at radius 3 is 2.63 bits per heavy atom. The second-order valence-corrected chi connectivity index (χ2v) is 6.75. The van der Waals surface area contributed by atoms with E-state index in [0.717, 1.165) is 28.1 Å². The van der Waals surface area contributed by atoms with Gasteiger partial charge in [-0.05, 0) is 43.5 Å². The number of anilines is 2. The molecule has 0 radical (unpaired) electrons. The molecule has 0 saturated heterocycles. The van der Waals surface area contributed by atoms with Gasteiger partial charge in [0.2, 0.25) is 5.95 Å². The van der Waals surface area contributed by atoms with Crippen LogP contribution in [0, 0.1) is 0 Å². The van der Waals surface area contributed by atoms with Crippen LogP contribution in [0.3, 0.4) is 0 Å². The number of methoxy groups -OCH3 is 1. The van der Waals surface area contributed by atoms with Crippen LogP contribution in [0.5, 0.6) is 0 Å². The van der Waals surface area contributed by atoms with E-state index < -0.39 is 0 Å². The summed E-state index contributed by atoms with van der Waals surface area (Å²) in [5, 5.41) is 5.79. The lowest BCUT2D eigenvalue weighted by Gasteiger charge is -2.15. The molecule has 0 fully saturated rings. The summed E-state index contributed by atoms with van der Waals surface area (Å²) >= 11 is 0. The Bertz CT molecular complexity index is 1140. The lowest BCUT2D eigenvalue weighted by molar-refractivity contribution is 0.0601. The van der Waals surface area contributed by atoms with Crippen LogP contribution in [-0.4, -0.2) is 22.6 Å². The molecule has 1 N–H and O–H groups in total. The molecule has 1 aromatic heterocycles. The number of hydrogen-bond donors (Lipinski definition) is 1. The van der Waals surface area contributed by atoms with Crippen molar-refractivity contribution in [3.8, 4) is 0 Å². The van der Waals surface area contributed by atoms with Crippen molar-refractivity contribution in [1.29, 1.82) is 0 Å². The minimum Gasteiger partial charge on any atom is -0.465 e. The van der Waals surface area contributed by atoms with Crippen molar-refractivity contribution in [3.63, 3.8) is 0 Å². The van der Waals surface area contributed by atoms with Crippen LogP contribution in [0.1, 0.15) is 30.2 Å². The van der Waals surface area contributed by atoms with E-state index in [9.17, 15) is 4.79 Å². The molecule has 0 aliphatic heterocycles. The van der Waals surface area contributed by atoms with Crippen LogP contribution in [0.4, 0.5) is 11.6 Å². The number of nitrogens with zero attached hydrogens (tertiary/aromatic N) is 2. The highest BCUT2D eigenvalue weighted by Crippen LogP contribution is 2.30. The van der Waals surface area contributed by atoms with Gasteiger partial charge in [0.05, 0.1) is 23.7 Å². The van der Waals surface area contributed by atoms with Gasteiger partial charge in [-0.1, -0.05) is 36.4 Å². The van der Waals surface area contributed by atoms with E-state index in [0.29, 0.717) is 5.56 Å². The normalized spacial score (nSPS) is 11.3. The molecular weight excluding hydrogens is 338 g/mol. The molecule has 0 bridgehead atoms. The maximum absolute atomic E-state index is 11.8. The molecule has 5 heteroatoms. The number of benzene rings is 3. The van der Waals surface area contributed by atoms with E-state index in [-0.39, 0.29) is 12.0 Å². The Morgan fingerprint density at radius 2 is 1.85 bits per heavy atom. The van der Waals surface area contributed by atoms with Gasteiger partial charge < -0.3 is 14.6 Å². The van der Waals surface area contributed by atoms with Crippen LogP contribution < -0.4 is 5.32 Å². The van der Waals surface area contributed by atoms with Crippen molar-refractivity contribution in [2.75, 3.05) is 12.4 Å². The number of imidazole rings is 1. The van der Waals surface area contributed by atoms with Gasteiger partial charge in [0.1, 0.15) is 0 Å². The summed E-state index contributed by atoms with van der Waals surface area (Å²) in [6.45, 7) is 4.23. The molecule has 0 saturated carbocycles. The SMILES string of the molecule is COC(=O)c1ccc2c(c1)nc(Nc1cccc3ccccc13)n2C(C)C. The molecule has 0 aliphatic carbocycles. The third-order valence-electron chi connectivity index (χ3n) is 4.66. The van der Waals surface area contributed by atoms with Crippen LogP contribution >= 0.6 is 0 Å². The van der Waals surface area contributed by atoms with E-state index in [1.165, 1.54) is 12.5 Å². The van der Waals surface area contributed by atoms with Crippen molar-refractivity contribution in [3.05, 3.63) is 66.2 Å². The summed E-state index contributed by atoms with van der Waals surface area (Å²) in [6.07, 6.45) is 0. The molecule has 136 valence electrons. The molecule has 0 aliphatic rings. The lowest BCUT2D eigenvalue weighted by Crippen LogP contribution is -2.06. The van der Waals surface area contributed by atoms with Crippen molar-refractivity contribution in [1.82, 2.24) is 9.55 Å². The summed E-state index contributed by atoms with van der Waals surface area (Å²) in [7, 11) is 1.38. The van der Waals surface area contributed by atoms with Crippen LogP contribution in [0.25, 0.3) is 21.8 Å². The summed E-state index contributed by atoms with van der Waals surface area (Å²) in [6, 6.07) is 20.1. The summed E-state index contributed by atoms with van der Waals surface area (Å²) in [5.74, 6) is 0.387. The molecule has 0 atom stereocenters. The highest BCUT2D eigenvalue weighted by Gasteiger charge is 2.16. The quantitative estimate of drug-likeness (QED) is 0.502. The lowest BCUT2D eigenvalue weighted by atomic mass is 10.1. The van der Waals surface area contributed by atoms with Crippen LogP contribution in [-0.2, 0) is 4.74 Å². The molecule has 4 rings (SSSR count). The van der Waals surface area contributed by atoms with E-state index in [1.54, 1.807) is 12.1 Å². The topological polar surface area (TPSA) is 56.1 Å². The number of nitrogens with one attached hydrogen (secondary N) is 1. The van der Waals surface area contributed by atoms with Gasteiger partial charge in [0.25, 0.3) is 0 Å². The minimum atomic E-state index is -0.362. The number of ether oxygens (including phenoxy) is 1. The van der Waals surface area contributed by atoms with Gasteiger partial charge in [-0.3, -0.25) is 0 Å². The van der Waals surface area contributed by atoms with Crippen molar-refractivity contribution < 1.29 is 9.53 Å². The second kappa shape index (κ2) is 6.76. The van der Waals surface area contributed by atoms with E-state index in [1.807, 2.05) is 30.3 Å². The summed E-state index contributed by atoms with van der Waals surface area (Å²) in [4.78, 5) is 16.6. The average molecular weight is 359 g/mol. The minimum absolute atomic E-state index is 0.205. The number of hydrogen-bond acceptors (Lipinski definition) is 4. The second-order valence-electron chi connectivity index (χ2n) is 6.75. The predicted octanol–water partition coefficient (Wildman–Crippen LogP) is 5.30. The largest absolute Gasteiger partial charge is 0.465 e. The third kappa shape index (κ3) is 3.01. The summed E-state index contributed by atoms with van der Waals surface area (Å²) < 4.78 is 6.96. The molecule has 3 aromatic carbocycles. The van der Waals surface area contributed by atoms with Gasteiger partial charge >= 0.3 is 5.97 Å². The van der Waals surface area contributed by atoms with Gasteiger partial charge in [-0.25, -0.2) is 9.78 Å². The molecule has 0 amide bonds. The Kier molecular flexibility index (Phi) is 4.28. The van der Waals surface area contributed by atoms with Crippen LogP contribution in [0.2, 0.25) is 0 Å². The van der Waals surface area contributed by atoms with Gasteiger partial charge in [0.15, 0.2) is 0 Å². The smallest absolute Gasteiger partial charge is 0.337 e. The zero-order chi connectivity index (χ0) is 19.0. The molecule has 0 unspecified atom stereocenters. The van der Waals surface area contributed by atoms with E-state index >= 15 is 0 Å². The molecule has 5 nitrogen and oxygen atoms in total. The van der Waals surface area contributed by atoms with Crippen molar-refractivity contribution in [2.45, 2.75) is 19.9 Å². The van der Waals surface area contributed by atoms with Gasteiger partial charge in [-0.2, -0.15) is 0 Å². The highest BCUT2D eigenvalue weighted by molar-refractivity contribution is 5.96. The maximum atomic E-state index is 11.8. The fourth-order valence-corrected chi connectivity index (χ4v) is 3.41. The first-order valence-corrected chi connectivity index (χ1v) is 8.93. The van der Waals surface area contributed by atoms with Crippen LogP contribution in [0.15, 0.2) is 60.7 Å². The first-order valence-electron chi connectivity index (χ1n) is 8.93. The zero-order valence-electron chi connectivity index (χ0n) is 15.6. The fraction of sp³-hybridized carbons (Fsp3) is 0.182. The standard InChI is InChI=1S/C22H21N3O2/c1-14(2)25-20-12-11-16(21(26)27-3)13-19(20)24-22(25)23-18-10-6-8-15-7-4-5-9-17(15)18/h4-14H,1-3H3,(H,23,24). The zero-order valence-corrected chi connectivity index (χ0v) is 15.6. The van der Waals surface area contributed by atoms with Crippen molar-refractivity contribution >= 4 is 39.4 Å². The number of aromatic nitrogens is 2. The third-order valence-corrected chi connectivity index (χ3v) is 4.66. The number of carbonyl (C=O) groups excluding carboxylic acids is 1. The Morgan fingerprint density at radius 1 is 1.07 bits per heavy atom. The molecular formula is C22H21N3O2. The number of fused-ring (bicyclic) bond motifs is 2. The first-order chi connectivity index (χ1) is 13.1. The Hall–Kier alpha value is -3.34. The average Bonchev–Trinajstić information content (AvgIpc) is 3.04. The Labute approximate surface area is 157 Å². The van der Waals surface area contributed by atoms with E-state index in [2.05, 4.69) is 41.9 Å². The summed E-state index contributed by atoms with van der Waals surface area (Å²) in [5.41, 5.74) is 3.23.